The molecule has 37 heavy (non-hydrogen) atoms. The first-order chi connectivity index (χ1) is 17.5. The Morgan fingerprint density at radius 3 is 2.24 bits per heavy atom. The highest BCUT2D eigenvalue weighted by atomic mass is 19.4. The summed E-state index contributed by atoms with van der Waals surface area (Å²) in [5.41, 5.74) is 2.80. The molecule has 3 aromatic carbocycles. The highest BCUT2D eigenvalue weighted by Crippen LogP contribution is 2.39. The van der Waals surface area contributed by atoms with Crippen LogP contribution < -0.4 is 0 Å². The maximum absolute atomic E-state index is 13.5. The van der Waals surface area contributed by atoms with Gasteiger partial charge in [-0.05, 0) is 68.3 Å². The number of nitrogens with zero attached hydrogens (tertiary/aromatic N) is 3. The van der Waals surface area contributed by atoms with Gasteiger partial charge in [-0.2, -0.15) is 18.2 Å². The molecule has 0 aliphatic carbocycles. The van der Waals surface area contributed by atoms with Gasteiger partial charge in [0.15, 0.2) is 0 Å². The topological polar surface area (TPSA) is 79.5 Å². The SMILES string of the molecule is Cc1cc(-c2nc(-c3ccc([C@H](C)N(C)[C@H](C)C(=O)O)cc3)no2)ccc1-c1ccccc1C(F)(F)F. The number of benzene rings is 3. The van der Waals surface area contributed by atoms with Crippen LogP contribution in [0.15, 0.2) is 71.3 Å². The molecule has 2 atom stereocenters. The molecule has 0 saturated heterocycles. The van der Waals surface area contributed by atoms with Gasteiger partial charge < -0.3 is 9.63 Å². The zero-order valence-electron chi connectivity index (χ0n) is 20.7. The van der Waals surface area contributed by atoms with Gasteiger partial charge >= 0.3 is 12.1 Å². The van der Waals surface area contributed by atoms with Gasteiger partial charge in [-0.15, -0.1) is 0 Å². The molecule has 9 heteroatoms. The minimum absolute atomic E-state index is 0.114. The summed E-state index contributed by atoms with van der Waals surface area (Å²) in [6, 6.07) is 17.2. The van der Waals surface area contributed by atoms with E-state index in [-0.39, 0.29) is 17.5 Å². The van der Waals surface area contributed by atoms with Gasteiger partial charge in [0.1, 0.15) is 6.04 Å². The highest BCUT2D eigenvalue weighted by Gasteiger charge is 2.33. The van der Waals surface area contributed by atoms with E-state index in [0.717, 1.165) is 11.6 Å². The molecule has 0 amide bonds. The van der Waals surface area contributed by atoms with Crippen molar-refractivity contribution < 1.29 is 27.6 Å². The lowest BCUT2D eigenvalue weighted by molar-refractivity contribution is -0.143. The third-order valence-corrected chi connectivity index (χ3v) is 6.65. The first-order valence-corrected chi connectivity index (χ1v) is 11.6. The zero-order chi connectivity index (χ0) is 26.9. The molecule has 0 saturated carbocycles. The van der Waals surface area contributed by atoms with E-state index >= 15 is 0 Å². The lowest BCUT2D eigenvalue weighted by Gasteiger charge is -2.28. The number of hydrogen-bond acceptors (Lipinski definition) is 5. The maximum atomic E-state index is 13.5. The number of alkyl halides is 3. The second-order valence-electron chi connectivity index (χ2n) is 8.97. The molecule has 0 spiro atoms. The van der Waals surface area contributed by atoms with Crippen LogP contribution in [-0.2, 0) is 11.0 Å². The van der Waals surface area contributed by atoms with E-state index in [1.165, 1.54) is 12.1 Å². The van der Waals surface area contributed by atoms with Crippen LogP contribution in [0.1, 0.15) is 36.6 Å². The summed E-state index contributed by atoms with van der Waals surface area (Å²) in [5.74, 6) is -0.273. The highest BCUT2D eigenvalue weighted by molar-refractivity contribution is 5.74. The zero-order valence-corrected chi connectivity index (χ0v) is 20.7. The molecule has 192 valence electrons. The van der Waals surface area contributed by atoms with Crippen molar-refractivity contribution in [3.05, 3.63) is 83.4 Å². The van der Waals surface area contributed by atoms with Gasteiger partial charge in [-0.1, -0.05) is 53.7 Å². The van der Waals surface area contributed by atoms with Crippen LogP contribution in [0.25, 0.3) is 34.0 Å². The van der Waals surface area contributed by atoms with Gasteiger partial charge in [0.25, 0.3) is 5.89 Å². The van der Waals surface area contributed by atoms with Crippen molar-refractivity contribution in [2.45, 2.75) is 39.0 Å². The minimum Gasteiger partial charge on any atom is -0.480 e. The molecule has 1 N–H and O–H groups in total. The predicted octanol–water partition coefficient (Wildman–Crippen LogP) is 6.86. The van der Waals surface area contributed by atoms with E-state index in [4.69, 9.17) is 4.52 Å². The maximum Gasteiger partial charge on any atom is 0.417 e. The molecule has 0 aliphatic heterocycles. The molecular weight excluding hydrogens is 483 g/mol. The van der Waals surface area contributed by atoms with Gasteiger partial charge in [0.2, 0.25) is 5.82 Å². The molecule has 0 bridgehead atoms. The van der Waals surface area contributed by atoms with E-state index in [1.54, 1.807) is 50.1 Å². The largest absolute Gasteiger partial charge is 0.480 e. The van der Waals surface area contributed by atoms with Crippen LogP contribution in [-0.4, -0.2) is 39.2 Å². The van der Waals surface area contributed by atoms with E-state index in [0.29, 0.717) is 28.1 Å². The Morgan fingerprint density at radius 2 is 1.62 bits per heavy atom. The van der Waals surface area contributed by atoms with Gasteiger partial charge in [0, 0.05) is 17.2 Å². The lowest BCUT2D eigenvalue weighted by Crippen LogP contribution is -2.37. The molecule has 6 nitrogen and oxygen atoms in total. The van der Waals surface area contributed by atoms with Crippen LogP contribution in [0.4, 0.5) is 13.2 Å². The summed E-state index contributed by atoms with van der Waals surface area (Å²) in [5, 5.41) is 13.3. The average Bonchev–Trinajstić information content (AvgIpc) is 3.37. The minimum atomic E-state index is -4.46. The Bertz CT molecular complexity index is 1410. The number of aromatic nitrogens is 2. The van der Waals surface area contributed by atoms with Crippen LogP contribution in [0, 0.1) is 6.92 Å². The van der Waals surface area contributed by atoms with Gasteiger partial charge in [0.05, 0.1) is 5.56 Å². The summed E-state index contributed by atoms with van der Waals surface area (Å²) < 4.78 is 45.9. The van der Waals surface area contributed by atoms with Crippen molar-refractivity contribution in [2.24, 2.45) is 0 Å². The number of halogens is 3. The van der Waals surface area contributed by atoms with Crippen molar-refractivity contribution >= 4 is 5.97 Å². The molecule has 0 unspecified atom stereocenters. The lowest BCUT2D eigenvalue weighted by atomic mass is 9.94. The van der Waals surface area contributed by atoms with E-state index in [9.17, 15) is 23.1 Å². The number of carbonyl (C=O) groups is 1. The van der Waals surface area contributed by atoms with Gasteiger partial charge in [-0.25, -0.2) is 0 Å². The Hall–Kier alpha value is -3.98. The smallest absolute Gasteiger partial charge is 0.417 e. The fourth-order valence-electron chi connectivity index (χ4n) is 4.18. The summed E-state index contributed by atoms with van der Waals surface area (Å²) in [4.78, 5) is 17.5. The molecular formula is C28H26F3N3O3. The first kappa shape index (κ1) is 26.1. The molecule has 1 aromatic heterocycles. The number of hydrogen-bond donors (Lipinski definition) is 1. The fourth-order valence-corrected chi connectivity index (χ4v) is 4.18. The third kappa shape index (κ3) is 5.41. The monoisotopic (exact) mass is 509 g/mol. The number of aliphatic carboxylic acids is 1. The van der Waals surface area contributed by atoms with E-state index in [2.05, 4.69) is 10.1 Å². The van der Waals surface area contributed by atoms with Crippen LogP contribution in [0.2, 0.25) is 0 Å². The summed E-state index contributed by atoms with van der Waals surface area (Å²) >= 11 is 0. The molecule has 0 radical (unpaired) electrons. The quantitative estimate of drug-likeness (QED) is 0.293. The van der Waals surface area contributed by atoms with E-state index in [1.807, 2.05) is 31.2 Å². The Morgan fingerprint density at radius 1 is 0.973 bits per heavy atom. The van der Waals surface area contributed by atoms with Crippen molar-refractivity contribution in [3.63, 3.8) is 0 Å². The molecule has 4 aromatic rings. The van der Waals surface area contributed by atoms with Crippen LogP contribution in [0.3, 0.4) is 0 Å². The van der Waals surface area contributed by atoms with Crippen molar-refractivity contribution in [1.29, 1.82) is 0 Å². The molecule has 0 aliphatic rings. The van der Waals surface area contributed by atoms with Crippen molar-refractivity contribution in [3.8, 4) is 34.0 Å². The summed E-state index contributed by atoms with van der Waals surface area (Å²) in [7, 11) is 1.76. The van der Waals surface area contributed by atoms with Crippen molar-refractivity contribution in [1.82, 2.24) is 15.0 Å². The second kappa shape index (κ2) is 10.2. The normalized spacial score (nSPS) is 13.5. The first-order valence-electron chi connectivity index (χ1n) is 11.6. The fraction of sp³-hybridized carbons (Fsp3) is 0.250. The molecule has 1 heterocycles. The number of rotatable bonds is 7. The van der Waals surface area contributed by atoms with E-state index < -0.39 is 23.8 Å². The molecule has 4 rings (SSSR count). The summed E-state index contributed by atoms with van der Waals surface area (Å²) in [6.45, 7) is 5.31. The Kier molecular flexibility index (Phi) is 7.18. The van der Waals surface area contributed by atoms with Crippen LogP contribution >= 0.6 is 0 Å². The number of aryl methyl sites for hydroxylation is 1. The number of carboxylic acid groups (broad SMARTS) is 1. The second-order valence-corrected chi connectivity index (χ2v) is 8.97. The predicted molar refractivity (Wildman–Crippen MR) is 134 cm³/mol. The third-order valence-electron chi connectivity index (χ3n) is 6.65. The van der Waals surface area contributed by atoms with Gasteiger partial charge in [-0.3, -0.25) is 9.69 Å². The number of likely N-dealkylation sites (N-methyl/N-ethyl adjacent to an activating group) is 1. The van der Waals surface area contributed by atoms with Crippen LogP contribution in [0.5, 0.6) is 0 Å². The van der Waals surface area contributed by atoms with Crippen molar-refractivity contribution in [2.75, 3.05) is 7.05 Å². The average molecular weight is 510 g/mol. The standard InChI is InChI=1S/C28H26F3N3O3/c1-16-15-21(13-14-22(16)23-7-5-6-8-24(23)28(29,30)31)26-32-25(33-37-26)20-11-9-19(10-12-20)17(2)34(4)18(3)27(35)36/h5-15,17-18H,1-4H3,(H,35,36)/t17-,18+/m0/s1. The Balaban J connectivity index is 1.56. The molecule has 0 fully saturated rings. The Labute approximate surface area is 212 Å². The summed E-state index contributed by atoms with van der Waals surface area (Å²) in [6.07, 6.45) is -4.46. The number of carboxylic acids is 1.